The molecule has 1 aromatic heterocycles. The smallest absolute Gasteiger partial charge is 0.408 e. The number of benzene rings is 2. The highest BCUT2D eigenvalue weighted by Gasteiger charge is 2.18. The Hall–Kier alpha value is -2.94. The van der Waals surface area contributed by atoms with Crippen LogP contribution in [0.4, 0.5) is 5.69 Å². The minimum atomic E-state index is -0.733. The van der Waals surface area contributed by atoms with Crippen LogP contribution in [0, 0.1) is 10.1 Å². The van der Waals surface area contributed by atoms with Crippen LogP contribution < -0.4 is 5.76 Å². The van der Waals surface area contributed by atoms with E-state index in [-0.39, 0.29) is 29.2 Å². The Bertz CT molecular complexity index is 1060. The lowest BCUT2D eigenvalue weighted by Crippen LogP contribution is -2.32. The topological polar surface area (TPSA) is 98.6 Å². The van der Waals surface area contributed by atoms with Gasteiger partial charge >= 0.3 is 5.76 Å². The van der Waals surface area contributed by atoms with E-state index in [1.165, 1.54) is 23.1 Å². The van der Waals surface area contributed by atoms with Crippen molar-refractivity contribution in [3.63, 3.8) is 0 Å². The highest BCUT2D eigenvalue weighted by atomic mass is 79.9. The number of carbonyl (C=O) groups is 1. The van der Waals surface area contributed by atoms with E-state index in [1.54, 1.807) is 7.05 Å². The summed E-state index contributed by atoms with van der Waals surface area (Å²) in [5.74, 6) is -1.06. The number of nitro benzene ring substituents is 1. The van der Waals surface area contributed by atoms with Crippen LogP contribution in [0.2, 0.25) is 0 Å². The molecule has 0 unspecified atom stereocenters. The van der Waals surface area contributed by atoms with Gasteiger partial charge in [0.2, 0.25) is 5.91 Å². The van der Waals surface area contributed by atoms with Crippen LogP contribution in [-0.4, -0.2) is 27.3 Å². The summed E-state index contributed by atoms with van der Waals surface area (Å²) in [4.78, 5) is 36.4. The molecular formula is C17H14BrN3O5. The van der Waals surface area contributed by atoms with Gasteiger partial charge in [0.1, 0.15) is 6.54 Å². The second kappa shape index (κ2) is 7.12. The molecule has 0 spiro atoms. The standard InChI is InChI=1S/C17H14BrN3O5/c1-19(9-11-4-2-3-5-13(11)18)16(22)10-20-14-8-12(21(24)25)6-7-15(14)26-17(20)23/h2-8H,9-10H2,1H3. The van der Waals surface area contributed by atoms with Crippen molar-refractivity contribution in [2.45, 2.75) is 13.1 Å². The number of rotatable bonds is 5. The van der Waals surface area contributed by atoms with Gasteiger partial charge in [-0.3, -0.25) is 19.5 Å². The second-order valence-corrected chi connectivity index (χ2v) is 6.56. The number of hydrogen-bond acceptors (Lipinski definition) is 5. The van der Waals surface area contributed by atoms with Crippen LogP contribution in [0.1, 0.15) is 5.56 Å². The highest BCUT2D eigenvalue weighted by molar-refractivity contribution is 9.10. The molecule has 2 aromatic carbocycles. The van der Waals surface area contributed by atoms with E-state index in [9.17, 15) is 19.7 Å². The number of amides is 1. The van der Waals surface area contributed by atoms with Gasteiger partial charge in [-0.25, -0.2) is 4.79 Å². The Morgan fingerprint density at radius 3 is 2.73 bits per heavy atom. The molecule has 0 aliphatic carbocycles. The number of hydrogen-bond donors (Lipinski definition) is 0. The van der Waals surface area contributed by atoms with Crippen molar-refractivity contribution in [2.75, 3.05) is 7.05 Å². The average Bonchev–Trinajstić information content (AvgIpc) is 2.91. The van der Waals surface area contributed by atoms with Gasteiger partial charge in [-0.2, -0.15) is 0 Å². The van der Waals surface area contributed by atoms with Crippen LogP contribution in [0.25, 0.3) is 11.1 Å². The lowest BCUT2D eigenvalue weighted by Gasteiger charge is -2.18. The van der Waals surface area contributed by atoms with E-state index >= 15 is 0 Å². The first kappa shape index (κ1) is 17.9. The summed E-state index contributed by atoms with van der Waals surface area (Å²) in [5.41, 5.74) is 1.15. The third kappa shape index (κ3) is 3.52. The summed E-state index contributed by atoms with van der Waals surface area (Å²) in [6, 6.07) is 11.3. The van der Waals surface area contributed by atoms with Gasteiger partial charge in [-0.15, -0.1) is 0 Å². The highest BCUT2D eigenvalue weighted by Crippen LogP contribution is 2.21. The molecule has 134 valence electrons. The first-order valence-corrected chi connectivity index (χ1v) is 8.41. The third-order valence-corrected chi connectivity index (χ3v) is 4.72. The van der Waals surface area contributed by atoms with Crippen LogP contribution in [0.5, 0.6) is 0 Å². The van der Waals surface area contributed by atoms with E-state index < -0.39 is 10.7 Å². The number of nitro groups is 1. The Labute approximate surface area is 155 Å². The molecule has 3 rings (SSSR count). The first-order chi connectivity index (χ1) is 12.4. The molecule has 0 N–H and O–H groups in total. The number of carbonyl (C=O) groups excluding carboxylic acids is 1. The zero-order valence-corrected chi connectivity index (χ0v) is 15.3. The van der Waals surface area contributed by atoms with Crippen molar-refractivity contribution >= 4 is 38.6 Å². The van der Waals surface area contributed by atoms with Crippen LogP contribution >= 0.6 is 15.9 Å². The number of oxazole rings is 1. The molecule has 0 bridgehead atoms. The normalized spacial score (nSPS) is 10.8. The molecule has 0 radical (unpaired) electrons. The number of aromatic nitrogens is 1. The molecular weight excluding hydrogens is 406 g/mol. The molecule has 3 aromatic rings. The molecule has 0 saturated carbocycles. The number of nitrogens with zero attached hydrogens (tertiary/aromatic N) is 3. The molecule has 9 heteroatoms. The SMILES string of the molecule is CN(Cc1ccccc1Br)C(=O)Cn1c(=O)oc2ccc([N+](=O)[O-])cc21. The predicted octanol–water partition coefficient (Wildman–Crippen LogP) is 2.92. The van der Waals surface area contributed by atoms with Gasteiger partial charge in [-0.1, -0.05) is 34.1 Å². The Morgan fingerprint density at radius 1 is 1.31 bits per heavy atom. The Balaban J connectivity index is 1.86. The van der Waals surface area contributed by atoms with Crippen molar-refractivity contribution < 1.29 is 14.1 Å². The monoisotopic (exact) mass is 419 g/mol. The maximum atomic E-state index is 12.5. The summed E-state index contributed by atoms with van der Waals surface area (Å²) < 4.78 is 7.03. The zero-order chi connectivity index (χ0) is 18.8. The maximum absolute atomic E-state index is 12.5. The van der Waals surface area contributed by atoms with Gasteiger partial charge in [0.25, 0.3) is 5.69 Å². The van der Waals surface area contributed by atoms with E-state index in [4.69, 9.17) is 4.42 Å². The van der Waals surface area contributed by atoms with Crippen molar-refractivity contribution in [2.24, 2.45) is 0 Å². The van der Waals surface area contributed by atoms with Gasteiger partial charge in [0.15, 0.2) is 5.58 Å². The predicted molar refractivity (Wildman–Crippen MR) is 97.7 cm³/mol. The summed E-state index contributed by atoms with van der Waals surface area (Å²) in [7, 11) is 1.62. The summed E-state index contributed by atoms with van der Waals surface area (Å²) in [6.45, 7) is 0.0822. The molecule has 0 aliphatic rings. The zero-order valence-electron chi connectivity index (χ0n) is 13.7. The quantitative estimate of drug-likeness (QED) is 0.467. The lowest BCUT2D eigenvalue weighted by atomic mass is 10.2. The molecule has 1 heterocycles. The van der Waals surface area contributed by atoms with Gasteiger partial charge < -0.3 is 9.32 Å². The molecule has 1 amide bonds. The molecule has 0 atom stereocenters. The van der Waals surface area contributed by atoms with E-state index in [2.05, 4.69) is 15.9 Å². The molecule has 8 nitrogen and oxygen atoms in total. The lowest BCUT2D eigenvalue weighted by molar-refractivity contribution is -0.384. The fraction of sp³-hybridized carbons (Fsp3) is 0.176. The number of likely N-dealkylation sites (N-methyl/N-ethyl adjacent to an activating group) is 1. The van der Waals surface area contributed by atoms with Crippen molar-refractivity contribution in [3.05, 3.63) is 73.2 Å². The summed E-state index contributed by atoms with van der Waals surface area (Å²) >= 11 is 3.43. The van der Waals surface area contributed by atoms with Gasteiger partial charge in [0.05, 0.1) is 10.4 Å². The maximum Gasteiger partial charge on any atom is 0.420 e. The van der Waals surface area contributed by atoms with Crippen LogP contribution in [0.3, 0.4) is 0 Å². The summed E-state index contributed by atoms with van der Waals surface area (Å²) in [6.07, 6.45) is 0. The van der Waals surface area contributed by atoms with Crippen molar-refractivity contribution in [1.29, 1.82) is 0 Å². The molecule has 0 fully saturated rings. The first-order valence-electron chi connectivity index (χ1n) is 7.62. The van der Waals surface area contributed by atoms with Crippen LogP contribution in [-0.2, 0) is 17.9 Å². The van der Waals surface area contributed by atoms with Gasteiger partial charge in [0, 0.05) is 30.2 Å². The Kier molecular flexibility index (Phi) is 4.90. The van der Waals surface area contributed by atoms with Crippen molar-refractivity contribution in [3.8, 4) is 0 Å². The third-order valence-electron chi connectivity index (χ3n) is 3.95. The van der Waals surface area contributed by atoms with E-state index in [0.29, 0.717) is 6.54 Å². The van der Waals surface area contributed by atoms with Crippen LogP contribution in [0.15, 0.2) is 56.1 Å². The number of non-ortho nitro benzene ring substituents is 1. The molecule has 0 saturated heterocycles. The molecule has 0 aliphatic heterocycles. The average molecular weight is 420 g/mol. The minimum absolute atomic E-state index is 0.180. The largest absolute Gasteiger partial charge is 0.420 e. The van der Waals surface area contributed by atoms with Crippen molar-refractivity contribution in [1.82, 2.24) is 9.47 Å². The fourth-order valence-corrected chi connectivity index (χ4v) is 2.95. The second-order valence-electron chi connectivity index (χ2n) is 5.70. The number of halogens is 1. The van der Waals surface area contributed by atoms with Gasteiger partial charge in [-0.05, 0) is 17.7 Å². The molecule has 26 heavy (non-hydrogen) atoms. The van der Waals surface area contributed by atoms with E-state index in [0.717, 1.165) is 14.6 Å². The number of fused-ring (bicyclic) bond motifs is 1. The fourth-order valence-electron chi connectivity index (χ4n) is 2.54. The Morgan fingerprint density at radius 2 is 2.04 bits per heavy atom. The summed E-state index contributed by atoms with van der Waals surface area (Å²) in [5, 5.41) is 10.9. The van der Waals surface area contributed by atoms with E-state index in [1.807, 2.05) is 24.3 Å². The minimum Gasteiger partial charge on any atom is -0.408 e.